The summed E-state index contributed by atoms with van der Waals surface area (Å²) in [5.41, 5.74) is 1.84. The molecule has 0 aliphatic rings. The van der Waals surface area contributed by atoms with Crippen molar-refractivity contribution < 1.29 is 19.4 Å². The van der Waals surface area contributed by atoms with Crippen molar-refractivity contribution in [1.82, 2.24) is 5.32 Å². The van der Waals surface area contributed by atoms with Crippen LogP contribution in [0.5, 0.6) is 5.75 Å². The maximum absolute atomic E-state index is 12.2. The number of carbonyl (C=O) groups excluding carboxylic acids is 1. The van der Waals surface area contributed by atoms with Crippen LogP contribution in [0.15, 0.2) is 41.1 Å². The fourth-order valence-electron chi connectivity index (χ4n) is 2.47. The van der Waals surface area contributed by atoms with E-state index in [0.717, 1.165) is 16.9 Å². The largest absolute Gasteiger partial charge is 0.494 e. The summed E-state index contributed by atoms with van der Waals surface area (Å²) < 4.78 is 5.38. The number of amides is 1. The third-order valence-corrected chi connectivity index (χ3v) is 4.73. The van der Waals surface area contributed by atoms with Gasteiger partial charge in [0.15, 0.2) is 0 Å². The summed E-state index contributed by atoms with van der Waals surface area (Å²) >= 11 is 1.54. The van der Waals surface area contributed by atoms with E-state index in [4.69, 9.17) is 4.74 Å². The van der Waals surface area contributed by atoms with E-state index in [9.17, 15) is 14.7 Å². The minimum absolute atomic E-state index is 0.107. The molecule has 0 aliphatic carbocycles. The first-order valence-electron chi connectivity index (χ1n) is 8.25. The van der Waals surface area contributed by atoms with E-state index < -0.39 is 11.9 Å². The van der Waals surface area contributed by atoms with Crippen molar-refractivity contribution >= 4 is 23.2 Å². The number of benzene rings is 1. The van der Waals surface area contributed by atoms with E-state index in [-0.39, 0.29) is 18.4 Å². The molecule has 0 fully saturated rings. The minimum Gasteiger partial charge on any atom is -0.494 e. The highest BCUT2D eigenvalue weighted by Gasteiger charge is 2.21. The van der Waals surface area contributed by atoms with Crippen LogP contribution in [0.3, 0.4) is 0 Å². The molecule has 134 valence electrons. The summed E-state index contributed by atoms with van der Waals surface area (Å²) in [6.45, 7) is 4.43. The average molecular weight is 361 g/mol. The zero-order valence-electron chi connectivity index (χ0n) is 14.4. The molecule has 2 rings (SSSR count). The van der Waals surface area contributed by atoms with Gasteiger partial charge in [-0.2, -0.15) is 11.3 Å². The van der Waals surface area contributed by atoms with Gasteiger partial charge in [-0.1, -0.05) is 12.1 Å². The molecule has 2 N–H and O–H groups in total. The molecule has 1 aromatic heterocycles. The number of thiophene rings is 1. The summed E-state index contributed by atoms with van der Waals surface area (Å²) in [6.07, 6.45) is 0.356. The first-order chi connectivity index (χ1) is 12.0. The molecule has 0 aliphatic heterocycles. The van der Waals surface area contributed by atoms with Crippen LogP contribution in [0.1, 0.15) is 30.9 Å². The number of carboxylic acid groups (broad SMARTS) is 1. The second-order valence-corrected chi connectivity index (χ2v) is 6.62. The van der Waals surface area contributed by atoms with Gasteiger partial charge in [-0.15, -0.1) is 0 Å². The third kappa shape index (κ3) is 5.60. The molecule has 0 spiro atoms. The monoisotopic (exact) mass is 361 g/mol. The van der Waals surface area contributed by atoms with Crippen molar-refractivity contribution in [2.24, 2.45) is 5.92 Å². The lowest BCUT2D eigenvalue weighted by Gasteiger charge is -2.16. The van der Waals surface area contributed by atoms with E-state index in [2.05, 4.69) is 5.32 Å². The second-order valence-electron chi connectivity index (χ2n) is 5.84. The zero-order valence-corrected chi connectivity index (χ0v) is 15.2. The third-order valence-electron chi connectivity index (χ3n) is 4.02. The van der Waals surface area contributed by atoms with Gasteiger partial charge in [-0.05, 0) is 60.4 Å². The topological polar surface area (TPSA) is 75.6 Å². The molecule has 0 radical (unpaired) electrons. The SMILES string of the molecule is CCOc1ccc(CC(CNC(=O)C(C)c2ccsc2)C(=O)O)cc1. The Bertz CT molecular complexity index is 682. The Labute approximate surface area is 151 Å². The van der Waals surface area contributed by atoms with Crippen LogP contribution in [-0.4, -0.2) is 30.1 Å². The van der Waals surface area contributed by atoms with Gasteiger partial charge in [0, 0.05) is 6.54 Å². The Kier molecular flexibility index (Phi) is 7.01. The summed E-state index contributed by atoms with van der Waals surface area (Å²) in [6, 6.07) is 9.28. The van der Waals surface area contributed by atoms with Crippen LogP contribution >= 0.6 is 11.3 Å². The van der Waals surface area contributed by atoms with Crippen molar-refractivity contribution in [3.63, 3.8) is 0 Å². The number of aliphatic carboxylic acids is 1. The van der Waals surface area contributed by atoms with E-state index >= 15 is 0 Å². The van der Waals surface area contributed by atoms with Crippen molar-refractivity contribution in [2.75, 3.05) is 13.2 Å². The molecule has 2 unspecified atom stereocenters. The molecule has 2 aromatic rings. The lowest BCUT2D eigenvalue weighted by molar-refractivity contribution is -0.141. The van der Waals surface area contributed by atoms with Crippen LogP contribution < -0.4 is 10.1 Å². The standard InChI is InChI=1S/C19H23NO4S/c1-3-24-17-6-4-14(5-7-17)10-16(19(22)23)11-20-18(21)13(2)15-8-9-25-12-15/h4-9,12-13,16H,3,10-11H2,1-2H3,(H,20,21)(H,22,23). The summed E-state index contributed by atoms with van der Waals surface area (Å²) in [5.74, 6) is -1.27. The van der Waals surface area contributed by atoms with Gasteiger partial charge in [0.1, 0.15) is 5.75 Å². The maximum Gasteiger partial charge on any atom is 0.308 e. The molecule has 1 amide bonds. The number of hydrogen-bond donors (Lipinski definition) is 2. The highest BCUT2D eigenvalue weighted by atomic mass is 32.1. The van der Waals surface area contributed by atoms with Gasteiger partial charge in [-0.25, -0.2) is 0 Å². The first kappa shape index (κ1) is 19.0. The predicted octanol–water partition coefficient (Wildman–Crippen LogP) is 3.31. The number of carboxylic acids is 1. The fraction of sp³-hybridized carbons (Fsp3) is 0.368. The normalized spacial score (nSPS) is 13.0. The zero-order chi connectivity index (χ0) is 18.2. The molecule has 1 aromatic carbocycles. The minimum atomic E-state index is -0.919. The lowest BCUT2D eigenvalue weighted by atomic mass is 9.98. The smallest absolute Gasteiger partial charge is 0.308 e. The molecule has 0 saturated carbocycles. The van der Waals surface area contributed by atoms with Crippen molar-refractivity contribution in [3.8, 4) is 5.75 Å². The number of hydrogen-bond acceptors (Lipinski definition) is 4. The molecule has 0 saturated heterocycles. The highest BCUT2D eigenvalue weighted by Crippen LogP contribution is 2.19. The molecule has 0 bridgehead atoms. The Balaban J connectivity index is 1.92. The van der Waals surface area contributed by atoms with Crippen LogP contribution in [0.25, 0.3) is 0 Å². The Morgan fingerprint density at radius 3 is 2.52 bits per heavy atom. The lowest BCUT2D eigenvalue weighted by Crippen LogP contribution is -2.36. The fourth-order valence-corrected chi connectivity index (χ4v) is 3.22. The van der Waals surface area contributed by atoms with Gasteiger partial charge < -0.3 is 15.2 Å². The first-order valence-corrected chi connectivity index (χ1v) is 9.20. The molecule has 5 nitrogen and oxygen atoms in total. The molecule has 6 heteroatoms. The number of rotatable bonds is 9. The molecular weight excluding hydrogens is 338 g/mol. The van der Waals surface area contributed by atoms with Gasteiger partial charge >= 0.3 is 5.97 Å². The Hall–Kier alpha value is -2.34. The van der Waals surface area contributed by atoms with Crippen LogP contribution in [0, 0.1) is 5.92 Å². The van der Waals surface area contributed by atoms with Gasteiger partial charge in [0.05, 0.1) is 18.4 Å². The second kappa shape index (κ2) is 9.22. The van der Waals surface area contributed by atoms with E-state index in [1.54, 1.807) is 0 Å². The summed E-state index contributed by atoms with van der Waals surface area (Å²) in [5, 5.41) is 16.0. The maximum atomic E-state index is 12.2. The summed E-state index contributed by atoms with van der Waals surface area (Å²) in [7, 11) is 0. The number of carbonyl (C=O) groups is 2. The summed E-state index contributed by atoms with van der Waals surface area (Å²) in [4.78, 5) is 23.7. The van der Waals surface area contributed by atoms with Crippen molar-refractivity contribution in [1.29, 1.82) is 0 Å². The van der Waals surface area contributed by atoms with Gasteiger partial charge in [0.2, 0.25) is 5.91 Å². The van der Waals surface area contributed by atoms with Gasteiger partial charge in [-0.3, -0.25) is 9.59 Å². The van der Waals surface area contributed by atoms with E-state index in [1.807, 2.05) is 54.9 Å². The average Bonchev–Trinajstić information content (AvgIpc) is 3.13. The Morgan fingerprint density at radius 2 is 1.96 bits per heavy atom. The molecule has 2 atom stereocenters. The Morgan fingerprint density at radius 1 is 1.24 bits per heavy atom. The molecule has 1 heterocycles. The van der Waals surface area contributed by atoms with E-state index in [1.165, 1.54) is 11.3 Å². The van der Waals surface area contributed by atoms with Crippen LogP contribution in [0.2, 0.25) is 0 Å². The van der Waals surface area contributed by atoms with Crippen molar-refractivity contribution in [2.45, 2.75) is 26.2 Å². The van der Waals surface area contributed by atoms with Crippen LogP contribution in [-0.2, 0) is 16.0 Å². The van der Waals surface area contributed by atoms with Gasteiger partial charge in [0.25, 0.3) is 0 Å². The number of ether oxygens (including phenoxy) is 1. The predicted molar refractivity (Wildman–Crippen MR) is 98.2 cm³/mol. The molecule has 25 heavy (non-hydrogen) atoms. The quantitative estimate of drug-likeness (QED) is 0.718. The van der Waals surface area contributed by atoms with E-state index in [0.29, 0.717) is 13.0 Å². The highest BCUT2D eigenvalue weighted by molar-refractivity contribution is 7.08. The molecular formula is C19H23NO4S. The van der Waals surface area contributed by atoms with Crippen LogP contribution in [0.4, 0.5) is 0 Å². The van der Waals surface area contributed by atoms with Crippen molar-refractivity contribution in [3.05, 3.63) is 52.2 Å². The number of nitrogens with one attached hydrogen (secondary N) is 1.